The molecule has 0 fully saturated rings. The van der Waals surface area contributed by atoms with Gasteiger partial charge in [0.2, 0.25) is 0 Å². The Hall–Kier alpha value is -10.9. The van der Waals surface area contributed by atoms with Gasteiger partial charge in [-0.25, -0.2) is 0 Å². The third-order valence-corrected chi connectivity index (χ3v) is 22.2. The van der Waals surface area contributed by atoms with E-state index in [4.69, 9.17) is 5.48 Å². The van der Waals surface area contributed by atoms with E-state index >= 15 is 0 Å². The van der Waals surface area contributed by atoms with Crippen LogP contribution in [0.3, 0.4) is 0 Å². The van der Waals surface area contributed by atoms with E-state index in [1.165, 1.54) is 9.13 Å². The summed E-state index contributed by atoms with van der Waals surface area (Å²) in [6.45, 7) is 35.2. The largest absolute Gasteiger partial charge is 0.310 e. The first-order valence-corrected chi connectivity index (χ1v) is 37.5. The van der Waals surface area contributed by atoms with Gasteiger partial charge in [0.1, 0.15) is 0 Å². The van der Waals surface area contributed by atoms with Crippen LogP contribution in [0.15, 0.2) is 267 Å². The van der Waals surface area contributed by atoms with E-state index in [1.54, 1.807) is 24.3 Å². The summed E-state index contributed by atoms with van der Waals surface area (Å²) in [5.41, 5.74) is 14.3. The second-order valence-electron chi connectivity index (χ2n) is 35.7. The summed E-state index contributed by atoms with van der Waals surface area (Å²) < 4.78 is 186. The molecule has 0 spiro atoms. The average Bonchev–Trinajstić information content (AvgIpc) is 0.766. The number of nitrogens with zero attached hydrogens (tertiary/aromatic N) is 4. The molecule has 536 valence electrons. The summed E-state index contributed by atoms with van der Waals surface area (Å²) in [6, 6.07) is 48.8. The van der Waals surface area contributed by atoms with Crippen molar-refractivity contribution < 1.29 is 26.0 Å². The van der Waals surface area contributed by atoms with Crippen LogP contribution in [0.5, 0.6) is 0 Å². The van der Waals surface area contributed by atoms with Crippen LogP contribution in [-0.2, 0) is 32.5 Å². The average molecular weight is 1420 g/mol. The molecule has 0 saturated carbocycles. The monoisotopic (exact) mass is 1420 g/mol. The fraction of sp³-hybridized carbons (Fsp3) is 0.243. The normalized spacial score (nSPS) is 16.1. The molecule has 0 bridgehead atoms. The lowest BCUT2D eigenvalue weighted by Gasteiger charge is -2.46. The Morgan fingerprint density at radius 2 is 0.565 bits per heavy atom. The molecule has 17 rings (SSSR count). The van der Waals surface area contributed by atoms with Gasteiger partial charge in [0.05, 0.1) is 55.4 Å². The van der Waals surface area contributed by atoms with Crippen molar-refractivity contribution in [3.8, 4) is 55.9 Å². The lowest BCUT2D eigenvalue weighted by molar-refractivity contribution is 0.589. The SMILES string of the molecule is [2H]c1c([2H])c([2H])c2c(c1[2H])c1c([2H])c([2H])c([2H])c([2H])c1n2-c1ccc2c(c1)N(c1c(-c3cccc(C(C)(C)C)c3)cc(C(C)(C)C)cc1-c1cccc(C(C)(C)C)c1)c1cc(C([2H])([2H])[2H])cc3c1B2c1ccc(-n2c4c([2H])c([2H])c([2H])c([2H])c4c4c([2H])c([2H])c([2H])c([2H])c42)cc1N3c1c(-c2cccc(C(C)(C)C)c2)cc(C(C)(C)C)cc1-c1cccc(C(C)(C)C)c1. The number of benzene rings is 13. The number of hydrogen-bond donors (Lipinski definition) is 0. The van der Waals surface area contributed by atoms with E-state index < -0.39 is 143 Å². The lowest BCUT2D eigenvalue weighted by atomic mass is 9.33. The zero-order valence-electron chi connectivity index (χ0n) is 84.0. The standard InChI is InChI=1S/C103H101BN4/c1-64-52-93-95-94(53-64)108(97-83(67-34-30-38-71(56-67)100(8,9)10)60-74(103(17,18)19)61-84(97)68-35-31-39-72(57-68)101(11,12)13)92-63-76(106-89-46-26-22-42-79(89)80-43-23-27-47-90(80)106)49-51-86(92)104(95)85-50-48-75(105-87-44-24-20-40-77(87)78-41-21-25-45-88(78)105)62-91(85)107(93)96-81(65-32-28-36-69(54-65)98(2,3)4)58-73(102(14,15)16)59-82(96)66-33-29-37-70(55-66)99(5,6)7/h20-63H,1-19H3/i1D3,20D,21D,22D,23D,24D,25D,26D,27D,40D,41D,42D,43D,44D,45D,46D,47D. The first-order valence-electron chi connectivity index (χ1n) is 47.0. The van der Waals surface area contributed by atoms with E-state index in [1.807, 2.05) is 24.3 Å². The number of fused-ring (bicyclic) bond motifs is 10. The highest BCUT2D eigenvalue weighted by Crippen LogP contribution is 2.56. The summed E-state index contributed by atoms with van der Waals surface area (Å²) in [5.74, 6) is 0. The molecular weight excluding hydrogens is 1300 g/mol. The second-order valence-corrected chi connectivity index (χ2v) is 35.7. The third-order valence-electron chi connectivity index (χ3n) is 22.2. The van der Waals surface area contributed by atoms with Gasteiger partial charge in [0.25, 0.3) is 6.71 Å². The third kappa shape index (κ3) is 11.8. The fourth-order valence-electron chi connectivity index (χ4n) is 16.2. The van der Waals surface area contributed by atoms with Crippen LogP contribution in [0.25, 0.3) is 99.5 Å². The maximum Gasteiger partial charge on any atom is 0.252 e. The van der Waals surface area contributed by atoms with Gasteiger partial charge in [0, 0.05) is 82.0 Å². The van der Waals surface area contributed by atoms with Gasteiger partial charge in [-0.05, 0) is 202 Å². The molecule has 2 aliphatic rings. The molecule has 5 heteroatoms. The zero-order chi connectivity index (χ0) is 92.1. The van der Waals surface area contributed by atoms with Gasteiger partial charge < -0.3 is 18.9 Å². The molecule has 0 unspecified atom stereocenters. The summed E-state index contributed by atoms with van der Waals surface area (Å²) in [5, 5.41) is -0.516. The van der Waals surface area contributed by atoms with Crippen molar-refractivity contribution in [2.24, 2.45) is 0 Å². The number of hydrogen-bond acceptors (Lipinski definition) is 2. The lowest BCUT2D eigenvalue weighted by Crippen LogP contribution is -2.61. The van der Waals surface area contributed by atoms with Crippen LogP contribution in [0.1, 0.15) is 190 Å². The van der Waals surface area contributed by atoms with E-state index in [2.05, 4.69) is 256 Å². The highest BCUT2D eigenvalue weighted by molar-refractivity contribution is 7.00. The first-order chi connectivity index (χ1) is 59.1. The van der Waals surface area contributed by atoms with Crippen LogP contribution < -0.4 is 26.2 Å². The highest BCUT2D eigenvalue weighted by Gasteiger charge is 2.46. The van der Waals surface area contributed by atoms with Crippen molar-refractivity contribution >= 4 is 101 Å². The Morgan fingerprint density at radius 3 is 0.833 bits per heavy atom. The Labute approximate surface area is 668 Å². The minimum atomic E-state index is -2.93. The summed E-state index contributed by atoms with van der Waals surface area (Å²) >= 11 is 0. The van der Waals surface area contributed by atoms with Gasteiger partial charge in [-0.15, -0.1) is 0 Å². The minimum Gasteiger partial charge on any atom is -0.310 e. The Balaban J connectivity index is 1.15. The zero-order valence-corrected chi connectivity index (χ0v) is 65.0. The quantitative estimate of drug-likeness (QED) is 0.141. The second kappa shape index (κ2) is 25.1. The Morgan fingerprint density at radius 1 is 0.287 bits per heavy atom. The van der Waals surface area contributed by atoms with E-state index in [9.17, 15) is 20.6 Å². The van der Waals surface area contributed by atoms with Crippen molar-refractivity contribution in [2.45, 2.75) is 164 Å². The van der Waals surface area contributed by atoms with Crippen molar-refractivity contribution in [2.75, 3.05) is 9.80 Å². The van der Waals surface area contributed by atoms with Crippen LogP contribution in [0.2, 0.25) is 0 Å². The minimum absolute atomic E-state index is 0.0873. The smallest absolute Gasteiger partial charge is 0.252 e. The molecule has 2 aliphatic heterocycles. The molecule has 0 radical (unpaired) electrons. The van der Waals surface area contributed by atoms with E-state index in [-0.39, 0.29) is 60.5 Å². The summed E-state index contributed by atoms with van der Waals surface area (Å²) in [4.78, 5) is 4.32. The first kappa shape index (κ1) is 51.4. The maximum absolute atomic E-state index is 10.2. The molecule has 15 aromatic rings. The number of anilines is 6. The number of rotatable bonds is 8. The molecule has 0 saturated heterocycles. The molecule has 0 amide bonds. The van der Waals surface area contributed by atoms with Crippen molar-refractivity contribution in [1.82, 2.24) is 9.13 Å². The fourth-order valence-corrected chi connectivity index (χ4v) is 16.2. The Kier molecular flexibility index (Phi) is 12.0. The predicted octanol–water partition coefficient (Wildman–Crippen LogP) is 26.7. The molecule has 2 aromatic heterocycles. The number of para-hydroxylation sites is 4. The maximum atomic E-state index is 10.2. The van der Waals surface area contributed by atoms with E-state index in [0.29, 0.717) is 50.5 Å². The van der Waals surface area contributed by atoms with E-state index in [0.717, 1.165) is 77.9 Å². The molecular formula is C103H101BN4. The van der Waals surface area contributed by atoms with Crippen molar-refractivity contribution in [3.05, 3.63) is 305 Å². The number of aryl methyl sites for hydroxylation is 1. The van der Waals surface area contributed by atoms with Crippen molar-refractivity contribution in [1.29, 1.82) is 0 Å². The van der Waals surface area contributed by atoms with Crippen LogP contribution in [-0.4, -0.2) is 15.8 Å². The molecule has 108 heavy (non-hydrogen) atoms. The molecule has 0 N–H and O–H groups in total. The molecule has 4 nitrogen and oxygen atoms in total. The van der Waals surface area contributed by atoms with Gasteiger partial charge >= 0.3 is 0 Å². The topological polar surface area (TPSA) is 16.3 Å². The van der Waals surface area contributed by atoms with Gasteiger partial charge in [-0.1, -0.05) is 306 Å². The molecule has 0 aliphatic carbocycles. The highest BCUT2D eigenvalue weighted by atomic mass is 15.2. The summed E-state index contributed by atoms with van der Waals surface area (Å²) in [7, 11) is 0. The molecule has 4 heterocycles. The van der Waals surface area contributed by atoms with Gasteiger partial charge in [-0.2, -0.15) is 0 Å². The van der Waals surface area contributed by atoms with Gasteiger partial charge in [0.15, 0.2) is 0 Å². The predicted molar refractivity (Wildman–Crippen MR) is 468 cm³/mol. The van der Waals surface area contributed by atoms with Crippen LogP contribution in [0.4, 0.5) is 34.1 Å². The van der Waals surface area contributed by atoms with Crippen LogP contribution >= 0.6 is 0 Å². The molecule has 0 atom stereocenters. The molecule has 13 aromatic carbocycles. The van der Waals surface area contributed by atoms with Gasteiger partial charge in [-0.3, -0.25) is 0 Å². The van der Waals surface area contributed by atoms with Crippen molar-refractivity contribution in [3.63, 3.8) is 0 Å². The Bertz CT molecular complexity index is 6560. The number of aromatic nitrogens is 2. The van der Waals surface area contributed by atoms with Crippen LogP contribution in [0, 0.1) is 6.85 Å². The summed E-state index contributed by atoms with van der Waals surface area (Å²) in [6.07, 6.45) is 0.